The summed E-state index contributed by atoms with van der Waals surface area (Å²) >= 11 is 15.9. The van der Waals surface area contributed by atoms with Crippen LogP contribution in [0.25, 0.3) is 6.08 Å². The Kier molecular flexibility index (Phi) is 7.69. The van der Waals surface area contributed by atoms with Crippen molar-refractivity contribution in [1.29, 1.82) is 5.26 Å². The molecule has 0 aliphatic rings. The van der Waals surface area contributed by atoms with Crippen LogP contribution >= 0.6 is 39.1 Å². The Hall–Kier alpha value is -2.85. The number of hydrogen-bond donors (Lipinski definition) is 1. The monoisotopic (exact) mass is 518 g/mol. The van der Waals surface area contributed by atoms with Crippen LogP contribution < -0.4 is 10.1 Å². The zero-order valence-electron chi connectivity index (χ0n) is 15.8. The van der Waals surface area contributed by atoms with Gasteiger partial charge in [0.05, 0.1) is 10.0 Å². The normalized spacial score (nSPS) is 11.0. The molecule has 3 rings (SSSR count). The van der Waals surface area contributed by atoms with Gasteiger partial charge in [0, 0.05) is 10.2 Å². The summed E-state index contributed by atoms with van der Waals surface area (Å²) in [7, 11) is 0. The summed E-state index contributed by atoms with van der Waals surface area (Å²) in [4.78, 5) is 12.4. The Morgan fingerprint density at radius 1 is 1.10 bits per heavy atom. The molecule has 0 radical (unpaired) electrons. The lowest BCUT2D eigenvalue weighted by atomic mass is 10.1. The van der Waals surface area contributed by atoms with Crippen molar-refractivity contribution in [1.82, 2.24) is 0 Å². The van der Waals surface area contributed by atoms with E-state index < -0.39 is 5.91 Å². The molecule has 31 heavy (non-hydrogen) atoms. The molecule has 1 N–H and O–H groups in total. The number of halogens is 4. The number of benzene rings is 3. The average Bonchev–Trinajstić information content (AvgIpc) is 2.74. The van der Waals surface area contributed by atoms with E-state index in [4.69, 9.17) is 27.9 Å². The molecule has 0 aliphatic carbocycles. The fraction of sp³-hybridized carbons (Fsp3) is 0.0435. The minimum Gasteiger partial charge on any atom is -0.486 e. The van der Waals surface area contributed by atoms with Gasteiger partial charge in [-0.1, -0.05) is 51.3 Å². The smallest absolute Gasteiger partial charge is 0.266 e. The van der Waals surface area contributed by atoms with Gasteiger partial charge in [0.2, 0.25) is 0 Å². The average molecular weight is 520 g/mol. The van der Waals surface area contributed by atoms with Gasteiger partial charge in [-0.2, -0.15) is 5.26 Å². The topological polar surface area (TPSA) is 62.1 Å². The molecule has 0 fully saturated rings. The number of nitriles is 1. The second-order valence-corrected chi connectivity index (χ2v) is 8.09. The SMILES string of the molecule is N#C/C(=C/c1cc(Cl)c(OCc2ccc(F)cc2)c(Cl)c1)C(=O)Nc1ccc(Br)cc1. The highest BCUT2D eigenvalue weighted by Crippen LogP contribution is 2.35. The Morgan fingerprint density at radius 2 is 1.71 bits per heavy atom. The minimum absolute atomic E-state index is 0.116. The largest absolute Gasteiger partial charge is 0.486 e. The predicted octanol–water partition coefficient (Wildman–Crippen LogP) is 7.02. The first-order valence-corrected chi connectivity index (χ1v) is 10.5. The van der Waals surface area contributed by atoms with Crippen LogP contribution in [0.3, 0.4) is 0 Å². The van der Waals surface area contributed by atoms with E-state index in [0.717, 1.165) is 10.0 Å². The van der Waals surface area contributed by atoms with Crippen molar-refractivity contribution in [3.63, 3.8) is 0 Å². The summed E-state index contributed by atoms with van der Waals surface area (Å²) in [6.45, 7) is 0.147. The van der Waals surface area contributed by atoms with Crippen LogP contribution in [0.2, 0.25) is 10.0 Å². The molecule has 0 spiro atoms. The number of carbonyl (C=O) groups is 1. The first-order valence-electron chi connectivity index (χ1n) is 8.90. The Balaban J connectivity index is 1.76. The summed E-state index contributed by atoms with van der Waals surface area (Å²) < 4.78 is 19.5. The van der Waals surface area contributed by atoms with Crippen LogP contribution in [0.1, 0.15) is 11.1 Å². The summed E-state index contributed by atoms with van der Waals surface area (Å²) in [5, 5.41) is 12.5. The molecule has 3 aromatic carbocycles. The number of anilines is 1. The van der Waals surface area contributed by atoms with Crippen molar-refractivity contribution in [3.8, 4) is 11.8 Å². The zero-order chi connectivity index (χ0) is 22.4. The number of nitrogens with zero attached hydrogens (tertiary/aromatic N) is 1. The van der Waals surface area contributed by atoms with Gasteiger partial charge in [0.1, 0.15) is 24.1 Å². The molecule has 4 nitrogen and oxygen atoms in total. The van der Waals surface area contributed by atoms with E-state index in [0.29, 0.717) is 11.3 Å². The molecule has 0 aromatic heterocycles. The van der Waals surface area contributed by atoms with Crippen LogP contribution in [0.4, 0.5) is 10.1 Å². The van der Waals surface area contributed by atoms with Crippen LogP contribution in [-0.4, -0.2) is 5.91 Å². The Morgan fingerprint density at radius 3 is 2.29 bits per heavy atom. The molecule has 0 saturated heterocycles. The molecule has 8 heteroatoms. The Bertz CT molecular complexity index is 1150. The lowest BCUT2D eigenvalue weighted by Crippen LogP contribution is -2.13. The maximum Gasteiger partial charge on any atom is 0.266 e. The maximum absolute atomic E-state index is 13.0. The number of carbonyl (C=O) groups excluding carboxylic acids is 1. The van der Waals surface area contributed by atoms with E-state index >= 15 is 0 Å². The van der Waals surface area contributed by atoms with E-state index in [-0.39, 0.29) is 33.8 Å². The van der Waals surface area contributed by atoms with Gasteiger partial charge in [-0.05, 0) is 65.7 Å². The predicted molar refractivity (Wildman–Crippen MR) is 124 cm³/mol. The van der Waals surface area contributed by atoms with Crippen molar-refractivity contribution >= 4 is 56.8 Å². The standard InChI is InChI=1S/C23H14BrCl2FN2O2/c24-17-3-7-19(8-4-17)29-23(30)16(12-28)9-15-10-20(25)22(21(26)11-15)31-13-14-1-5-18(27)6-2-14/h1-11H,13H2,(H,29,30)/b16-9-. The van der Waals surface area contributed by atoms with E-state index in [1.807, 2.05) is 6.07 Å². The fourth-order valence-corrected chi connectivity index (χ4v) is 3.46. The summed E-state index contributed by atoms with van der Waals surface area (Å²) in [5.74, 6) is -0.648. The number of hydrogen-bond acceptors (Lipinski definition) is 3. The molecule has 0 unspecified atom stereocenters. The van der Waals surface area contributed by atoms with Gasteiger partial charge in [0.25, 0.3) is 5.91 Å². The van der Waals surface area contributed by atoms with Crippen LogP contribution in [0.15, 0.2) is 70.7 Å². The molecule has 0 heterocycles. The summed E-state index contributed by atoms with van der Waals surface area (Å²) in [6.07, 6.45) is 1.38. The zero-order valence-corrected chi connectivity index (χ0v) is 18.9. The van der Waals surface area contributed by atoms with Gasteiger partial charge in [-0.15, -0.1) is 0 Å². The van der Waals surface area contributed by atoms with Crippen molar-refractivity contribution < 1.29 is 13.9 Å². The quantitative estimate of drug-likeness (QED) is 0.281. The first kappa shape index (κ1) is 22.8. The third-order valence-corrected chi connectivity index (χ3v) is 5.19. The van der Waals surface area contributed by atoms with Crippen molar-refractivity contribution in [3.05, 3.63) is 97.7 Å². The molecular weight excluding hydrogens is 506 g/mol. The molecule has 0 saturated carbocycles. The third-order valence-electron chi connectivity index (χ3n) is 4.10. The molecule has 156 valence electrons. The van der Waals surface area contributed by atoms with Gasteiger partial charge in [-0.25, -0.2) is 4.39 Å². The Labute approximate surface area is 197 Å². The molecular formula is C23H14BrCl2FN2O2. The van der Waals surface area contributed by atoms with Gasteiger partial charge in [-0.3, -0.25) is 4.79 Å². The van der Waals surface area contributed by atoms with Gasteiger partial charge >= 0.3 is 0 Å². The van der Waals surface area contributed by atoms with E-state index in [1.165, 1.54) is 30.3 Å². The van der Waals surface area contributed by atoms with Crippen molar-refractivity contribution in [2.24, 2.45) is 0 Å². The highest BCUT2D eigenvalue weighted by atomic mass is 79.9. The minimum atomic E-state index is -0.561. The van der Waals surface area contributed by atoms with Gasteiger partial charge in [0.15, 0.2) is 5.75 Å². The first-order chi connectivity index (χ1) is 14.9. The van der Waals surface area contributed by atoms with Crippen molar-refractivity contribution in [2.75, 3.05) is 5.32 Å². The molecule has 0 atom stereocenters. The molecule has 0 aliphatic heterocycles. The summed E-state index contributed by atoms with van der Waals surface area (Å²) in [5.41, 5.74) is 1.64. The summed E-state index contributed by atoms with van der Waals surface area (Å²) in [6, 6.07) is 17.8. The fourth-order valence-electron chi connectivity index (χ4n) is 2.58. The molecule has 3 aromatic rings. The number of rotatable bonds is 6. The number of ether oxygens (including phenoxy) is 1. The van der Waals surface area contributed by atoms with Crippen LogP contribution in [0, 0.1) is 17.1 Å². The van der Waals surface area contributed by atoms with Crippen LogP contribution in [0.5, 0.6) is 5.75 Å². The lowest BCUT2D eigenvalue weighted by Gasteiger charge is -2.11. The lowest BCUT2D eigenvalue weighted by molar-refractivity contribution is -0.112. The number of amides is 1. The highest BCUT2D eigenvalue weighted by molar-refractivity contribution is 9.10. The van der Waals surface area contributed by atoms with Gasteiger partial charge < -0.3 is 10.1 Å². The van der Waals surface area contributed by atoms with Crippen molar-refractivity contribution in [2.45, 2.75) is 6.61 Å². The second kappa shape index (κ2) is 10.5. The van der Waals surface area contributed by atoms with E-state index in [2.05, 4.69) is 21.2 Å². The van der Waals surface area contributed by atoms with E-state index in [1.54, 1.807) is 36.4 Å². The van der Waals surface area contributed by atoms with Crippen LogP contribution in [-0.2, 0) is 11.4 Å². The second-order valence-electron chi connectivity index (χ2n) is 6.36. The van der Waals surface area contributed by atoms with E-state index in [9.17, 15) is 14.4 Å². The molecule has 1 amide bonds. The third kappa shape index (κ3) is 6.31. The number of nitrogens with one attached hydrogen (secondary N) is 1. The maximum atomic E-state index is 13.0. The highest BCUT2D eigenvalue weighted by Gasteiger charge is 2.13. The molecule has 0 bridgehead atoms.